The van der Waals surface area contributed by atoms with Crippen LogP contribution in [0.3, 0.4) is 0 Å². The van der Waals surface area contributed by atoms with Gasteiger partial charge in [0.1, 0.15) is 12.2 Å². The van der Waals surface area contributed by atoms with Crippen LogP contribution >= 0.6 is 0 Å². The summed E-state index contributed by atoms with van der Waals surface area (Å²) in [5.74, 6) is -1.80. The number of carboxylic acid groups (broad SMARTS) is 1. The van der Waals surface area contributed by atoms with E-state index >= 15 is 0 Å². The first-order valence-corrected chi connectivity index (χ1v) is 8.26. The fraction of sp³-hybridized carbons (Fsp3) is 0.471. The Bertz CT molecular complexity index is 629. The number of anilines is 2. The molecule has 2 aliphatic heterocycles. The molecule has 2 heterocycles. The third-order valence-electron chi connectivity index (χ3n) is 4.16. The Hall–Kier alpha value is -2.45. The molecule has 0 aliphatic carbocycles. The molecule has 1 aromatic carbocycles. The Balaban J connectivity index is 1.75. The third kappa shape index (κ3) is 4.34. The first-order valence-electron chi connectivity index (χ1n) is 8.26. The molecule has 3 rings (SSSR count). The van der Waals surface area contributed by atoms with E-state index in [0.29, 0.717) is 37.4 Å². The van der Waals surface area contributed by atoms with Crippen molar-refractivity contribution in [2.45, 2.75) is 37.9 Å². The molecule has 2 amide bonds. The molecule has 0 unspecified atom stereocenters. The number of hydrogen-bond donors (Lipinski definition) is 3. The minimum Gasteiger partial charge on any atom is -0.478 e. The Morgan fingerprint density at radius 3 is 1.72 bits per heavy atom. The average Bonchev–Trinajstić information content (AvgIpc) is 3.28. The van der Waals surface area contributed by atoms with Crippen molar-refractivity contribution in [2.24, 2.45) is 0 Å². The predicted octanol–water partition coefficient (Wildman–Crippen LogP) is 1.62. The third-order valence-corrected chi connectivity index (χ3v) is 4.16. The van der Waals surface area contributed by atoms with Gasteiger partial charge >= 0.3 is 5.97 Å². The van der Waals surface area contributed by atoms with Crippen LogP contribution in [0.15, 0.2) is 18.2 Å². The highest BCUT2D eigenvalue weighted by atomic mass is 16.5. The summed E-state index contributed by atoms with van der Waals surface area (Å²) in [6, 6.07) is 4.21. The zero-order valence-corrected chi connectivity index (χ0v) is 13.6. The molecule has 3 N–H and O–H groups in total. The van der Waals surface area contributed by atoms with Crippen LogP contribution in [0.1, 0.15) is 36.0 Å². The molecule has 2 aliphatic rings. The lowest BCUT2D eigenvalue weighted by Gasteiger charge is -2.14. The number of hydrogen-bond acceptors (Lipinski definition) is 5. The molecular formula is C17H20N2O6. The number of carbonyl (C=O) groups excluding carboxylic acids is 2. The minimum absolute atomic E-state index is 0.0345. The lowest BCUT2D eigenvalue weighted by atomic mass is 10.1. The van der Waals surface area contributed by atoms with Crippen molar-refractivity contribution in [1.82, 2.24) is 0 Å². The summed E-state index contributed by atoms with van der Waals surface area (Å²) in [5, 5.41) is 14.6. The van der Waals surface area contributed by atoms with Gasteiger partial charge in [0, 0.05) is 24.6 Å². The summed E-state index contributed by atoms with van der Waals surface area (Å²) in [4.78, 5) is 35.6. The smallest absolute Gasteiger partial charge is 0.335 e. The summed E-state index contributed by atoms with van der Waals surface area (Å²) >= 11 is 0. The summed E-state index contributed by atoms with van der Waals surface area (Å²) in [6.07, 6.45) is 1.84. The summed E-state index contributed by atoms with van der Waals surface area (Å²) < 4.78 is 10.6. The maximum absolute atomic E-state index is 12.1. The number of amides is 2. The molecule has 134 valence electrons. The molecule has 0 aromatic heterocycles. The Labute approximate surface area is 144 Å². The molecule has 2 fully saturated rings. The standard InChI is InChI=1S/C17H20N2O6/c20-15(13-3-1-5-24-13)18-11-7-10(17(22)23)8-12(9-11)19-16(21)14-4-2-6-25-14/h7-9,13-14H,1-6H2,(H,18,20)(H,19,21)(H,22,23)/t13-,14-/m0/s1. The van der Waals surface area contributed by atoms with Gasteiger partial charge in [0.2, 0.25) is 0 Å². The maximum atomic E-state index is 12.1. The first-order chi connectivity index (χ1) is 12.0. The molecule has 0 bridgehead atoms. The Morgan fingerprint density at radius 2 is 1.36 bits per heavy atom. The number of nitrogens with one attached hydrogen (secondary N) is 2. The number of benzene rings is 1. The number of aromatic carboxylic acids is 1. The second-order valence-corrected chi connectivity index (χ2v) is 6.09. The van der Waals surface area contributed by atoms with Gasteiger partial charge in [0.05, 0.1) is 5.56 Å². The molecule has 8 nitrogen and oxygen atoms in total. The van der Waals surface area contributed by atoms with Crippen LogP contribution in [-0.4, -0.2) is 48.3 Å². The van der Waals surface area contributed by atoms with E-state index < -0.39 is 18.2 Å². The summed E-state index contributed by atoms with van der Waals surface area (Å²) in [5.41, 5.74) is 0.555. The molecule has 2 saturated heterocycles. The van der Waals surface area contributed by atoms with Gasteiger partial charge in [-0.2, -0.15) is 0 Å². The fourth-order valence-electron chi connectivity index (χ4n) is 2.91. The summed E-state index contributed by atoms with van der Waals surface area (Å²) in [7, 11) is 0. The fourth-order valence-corrected chi connectivity index (χ4v) is 2.91. The summed E-state index contributed by atoms with van der Waals surface area (Å²) in [6.45, 7) is 1.08. The molecule has 1 aromatic rings. The molecule has 8 heteroatoms. The van der Waals surface area contributed by atoms with Gasteiger partial charge in [-0.1, -0.05) is 0 Å². The van der Waals surface area contributed by atoms with Crippen LogP contribution in [0.2, 0.25) is 0 Å². The molecule has 2 atom stereocenters. The van der Waals surface area contributed by atoms with Gasteiger partial charge in [-0.3, -0.25) is 9.59 Å². The molecule has 0 radical (unpaired) electrons. The normalized spacial score (nSPS) is 22.6. The molecule has 0 saturated carbocycles. The quantitative estimate of drug-likeness (QED) is 0.745. The van der Waals surface area contributed by atoms with Crippen molar-refractivity contribution < 1.29 is 29.0 Å². The highest BCUT2D eigenvalue weighted by Gasteiger charge is 2.25. The lowest BCUT2D eigenvalue weighted by Crippen LogP contribution is -2.28. The Kier molecular flexibility index (Phi) is 5.30. The van der Waals surface area contributed by atoms with E-state index in [2.05, 4.69) is 10.6 Å². The van der Waals surface area contributed by atoms with Crippen LogP contribution in [0, 0.1) is 0 Å². The second-order valence-electron chi connectivity index (χ2n) is 6.09. The Morgan fingerprint density at radius 1 is 0.880 bits per heavy atom. The number of carbonyl (C=O) groups is 3. The van der Waals surface area contributed by atoms with Gasteiger partial charge in [-0.15, -0.1) is 0 Å². The highest BCUT2D eigenvalue weighted by molar-refractivity contribution is 6.00. The van der Waals surface area contributed by atoms with E-state index in [0.717, 1.165) is 12.8 Å². The molecule has 0 spiro atoms. The second kappa shape index (κ2) is 7.62. The van der Waals surface area contributed by atoms with Crippen molar-refractivity contribution in [3.8, 4) is 0 Å². The lowest BCUT2D eigenvalue weighted by molar-refractivity contribution is -0.125. The van der Waals surface area contributed by atoms with E-state index in [1.807, 2.05) is 0 Å². The maximum Gasteiger partial charge on any atom is 0.335 e. The zero-order valence-electron chi connectivity index (χ0n) is 13.6. The van der Waals surface area contributed by atoms with Crippen molar-refractivity contribution >= 4 is 29.2 Å². The van der Waals surface area contributed by atoms with Gasteiger partial charge < -0.3 is 25.2 Å². The van der Waals surface area contributed by atoms with E-state index in [1.54, 1.807) is 0 Å². The van der Waals surface area contributed by atoms with E-state index in [-0.39, 0.29) is 17.4 Å². The van der Waals surface area contributed by atoms with Crippen molar-refractivity contribution in [1.29, 1.82) is 0 Å². The molecular weight excluding hydrogens is 328 g/mol. The predicted molar refractivity (Wildman–Crippen MR) is 88.6 cm³/mol. The van der Waals surface area contributed by atoms with Crippen LogP contribution < -0.4 is 10.6 Å². The van der Waals surface area contributed by atoms with Gasteiger partial charge in [0.25, 0.3) is 11.8 Å². The van der Waals surface area contributed by atoms with Crippen LogP contribution in [0.25, 0.3) is 0 Å². The van der Waals surface area contributed by atoms with Crippen molar-refractivity contribution in [3.05, 3.63) is 23.8 Å². The first kappa shape index (κ1) is 17.4. The van der Waals surface area contributed by atoms with E-state index in [1.165, 1.54) is 18.2 Å². The number of carboxylic acids is 1. The molecule has 25 heavy (non-hydrogen) atoms. The van der Waals surface area contributed by atoms with Crippen LogP contribution in [-0.2, 0) is 19.1 Å². The van der Waals surface area contributed by atoms with E-state index in [9.17, 15) is 19.5 Å². The van der Waals surface area contributed by atoms with Crippen molar-refractivity contribution in [3.63, 3.8) is 0 Å². The van der Waals surface area contributed by atoms with Gasteiger partial charge in [-0.25, -0.2) is 4.79 Å². The SMILES string of the molecule is O=C(O)c1cc(NC(=O)[C@@H]2CCCO2)cc(NC(=O)[C@@H]2CCCO2)c1. The van der Waals surface area contributed by atoms with Gasteiger partial charge in [-0.05, 0) is 43.9 Å². The van der Waals surface area contributed by atoms with Crippen molar-refractivity contribution in [2.75, 3.05) is 23.8 Å². The van der Waals surface area contributed by atoms with Crippen LogP contribution in [0.4, 0.5) is 11.4 Å². The monoisotopic (exact) mass is 348 g/mol. The zero-order chi connectivity index (χ0) is 17.8. The number of rotatable bonds is 5. The largest absolute Gasteiger partial charge is 0.478 e. The minimum atomic E-state index is -1.15. The van der Waals surface area contributed by atoms with Gasteiger partial charge in [0.15, 0.2) is 0 Å². The highest BCUT2D eigenvalue weighted by Crippen LogP contribution is 2.22. The number of ether oxygens (including phenoxy) is 2. The topological polar surface area (TPSA) is 114 Å². The van der Waals surface area contributed by atoms with Crippen LogP contribution in [0.5, 0.6) is 0 Å². The van der Waals surface area contributed by atoms with E-state index in [4.69, 9.17) is 9.47 Å². The average molecular weight is 348 g/mol.